The Morgan fingerprint density at radius 2 is 2.16 bits per heavy atom. The zero-order valence-electron chi connectivity index (χ0n) is 10.3. The first-order valence-corrected chi connectivity index (χ1v) is 7.15. The molecule has 8 heteroatoms. The smallest absolute Gasteiger partial charge is 0.271 e. The van der Waals surface area contributed by atoms with Crippen LogP contribution in [0.15, 0.2) is 30.9 Å². The molecule has 7 nitrogen and oxygen atoms in total. The zero-order valence-corrected chi connectivity index (χ0v) is 11.1. The second kappa shape index (κ2) is 5.37. The predicted molar refractivity (Wildman–Crippen MR) is 66.6 cm³/mol. The van der Waals surface area contributed by atoms with Gasteiger partial charge >= 0.3 is 0 Å². The maximum atomic E-state index is 10.6. The third-order valence-electron chi connectivity index (χ3n) is 2.45. The molecule has 19 heavy (non-hydrogen) atoms. The molecule has 2 rings (SSSR count). The van der Waals surface area contributed by atoms with Gasteiger partial charge in [-0.25, -0.2) is 9.97 Å². The van der Waals surface area contributed by atoms with E-state index in [0.717, 1.165) is 17.0 Å². The first-order chi connectivity index (χ1) is 8.94. The van der Waals surface area contributed by atoms with Gasteiger partial charge < -0.3 is 0 Å². The first kappa shape index (κ1) is 13.5. The average Bonchev–Trinajstić information content (AvgIpc) is 2.36. The monoisotopic (exact) mass is 281 g/mol. The molecular weight excluding hydrogens is 268 g/mol. The molecule has 0 saturated heterocycles. The minimum atomic E-state index is -3.97. The van der Waals surface area contributed by atoms with Crippen LogP contribution in [0.4, 0.5) is 0 Å². The number of rotatable bonds is 4. The van der Waals surface area contributed by atoms with Crippen LogP contribution in [0, 0.1) is 6.92 Å². The maximum Gasteiger partial charge on any atom is 0.271 e. The SMILES string of the molecule is Cc1cc(-c2cc[n+](CCS(=O)(=O)O)nc2)ncn1. The van der Waals surface area contributed by atoms with Gasteiger partial charge in [0.1, 0.15) is 18.3 Å². The van der Waals surface area contributed by atoms with Crippen molar-refractivity contribution in [1.29, 1.82) is 0 Å². The zero-order chi connectivity index (χ0) is 13.9. The van der Waals surface area contributed by atoms with Crippen LogP contribution in [0.1, 0.15) is 5.69 Å². The van der Waals surface area contributed by atoms with E-state index in [1.165, 1.54) is 11.0 Å². The van der Waals surface area contributed by atoms with Gasteiger partial charge in [0.05, 0.1) is 5.69 Å². The van der Waals surface area contributed by atoms with E-state index < -0.39 is 10.1 Å². The summed E-state index contributed by atoms with van der Waals surface area (Å²) in [4.78, 5) is 8.14. The molecule has 100 valence electrons. The third kappa shape index (κ3) is 4.04. The number of nitrogens with zero attached hydrogens (tertiary/aromatic N) is 4. The molecule has 0 aliphatic heterocycles. The summed E-state index contributed by atoms with van der Waals surface area (Å²) in [7, 11) is -3.97. The van der Waals surface area contributed by atoms with E-state index in [1.807, 2.05) is 13.0 Å². The first-order valence-electron chi connectivity index (χ1n) is 5.54. The highest BCUT2D eigenvalue weighted by Crippen LogP contribution is 2.13. The Labute approximate surface area is 110 Å². The van der Waals surface area contributed by atoms with Gasteiger partial charge in [0.25, 0.3) is 10.1 Å². The topological polar surface area (TPSA) is 96.9 Å². The molecule has 0 aliphatic carbocycles. The van der Waals surface area contributed by atoms with Crippen molar-refractivity contribution in [3.63, 3.8) is 0 Å². The van der Waals surface area contributed by atoms with Crippen LogP contribution in [-0.4, -0.2) is 33.8 Å². The molecule has 0 saturated carbocycles. The highest BCUT2D eigenvalue weighted by atomic mass is 32.2. The van der Waals surface area contributed by atoms with Crippen LogP contribution >= 0.6 is 0 Å². The van der Waals surface area contributed by atoms with Crippen LogP contribution in [-0.2, 0) is 16.7 Å². The molecule has 0 aromatic carbocycles. The van der Waals surface area contributed by atoms with E-state index in [4.69, 9.17) is 4.55 Å². The molecule has 0 fully saturated rings. The Balaban J connectivity index is 2.15. The molecule has 0 aliphatic rings. The van der Waals surface area contributed by atoms with Crippen LogP contribution in [0.3, 0.4) is 0 Å². The fraction of sp³-hybridized carbons (Fsp3) is 0.273. The molecule has 2 aromatic rings. The Hall–Kier alpha value is -1.93. The van der Waals surface area contributed by atoms with E-state index in [1.54, 1.807) is 18.5 Å². The van der Waals surface area contributed by atoms with Crippen molar-refractivity contribution in [2.24, 2.45) is 0 Å². The lowest BCUT2D eigenvalue weighted by atomic mass is 10.2. The van der Waals surface area contributed by atoms with Gasteiger partial charge in [-0.3, -0.25) is 4.55 Å². The quantitative estimate of drug-likeness (QED) is 0.627. The third-order valence-corrected chi connectivity index (χ3v) is 3.15. The van der Waals surface area contributed by atoms with Gasteiger partial charge in [0, 0.05) is 17.3 Å². The van der Waals surface area contributed by atoms with Crippen molar-refractivity contribution in [3.8, 4) is 11.3 Å². The maximum absolute atomic E-state index is 10.6. The summed E-state index contributed by atoms with van der Waals surface area (Å²) >= 11 is 0. The predicted octanol–water partition coefficient (Wildman–Crippen LogP) is 0.0223. The number of aromatic nitrogens is 4. The summed E-state index contributed by atoms with van der Waals surface area (Å²) in [6, 6.07) is 3.61. The van der Waals surface area contributed by atoms with E-state index in [9.17, 15) is 8.42 Å². The Bertz CT molecular complexity index is 671. The van der Waals surface area contributed by atoms with Crippen LogP contribution in [0.5, 0.6) is 0 Å². The van der Waals surface area contributed by atoms with Crippen LogP contribution in [0.25, 0.3) is 11.3 Å². The van der Waals surface area contributed by atoms with E-state index in [0.29, 0.717) is 0 Å². The highest BCUT2D eigenvalue weighted by Gasteiger charge is 2.11. The second-order valence-electron chi connectivity index (χ2n) is 4.01. The summed E-state index contributed by atoms with van der Waals surface area (Å²) < 4.78 is 31.3. The summed E-state index contributed by atoms with van der Waals surface area (Å²) in [5.74, 6) is -0.364. The molecule has 1 N–H and O–H groups in total. The minimum Gasteiger partial charge on any atom is -0.285 e. The summed E-state index contributed by atoms with van der Waals surface area (Å²) in [6.07, 6.45) is 4.70. The van der Waals surface area contributed by atoms with Gasteiger partial charge in [-0.05, 0) is 18.1 Å². The van der Waals surface area contributed by atoms with Crippen LogP contribution in [0.2, 0.25) is 0 Å². The molecule has 0 atom stereocenters. The average molecular weight is 281 g/mol. The van der Waals surface area contributed by atoms with Crippen molar-refractivity contribution >= 4 is 10.1 Å². The second-order valence-corrected chi connectivity index (χ2v) is 5.58. The van der Waals surface area contributed by atoms with Gasteiger partial charge in [-0.1, -0.05) is 4.68 Å². The molecular formula is C11H13N4O3S+. The van der Waals surface area contributed by atoms with Crippen molar-refractivity contribution < 1.29 is 17.7 Å². The number of hydrogen-bond donors (Lipinski definition) is 1. The fourth-order valence-electron chi connectivity index (χ4n) is 1.49. The normalized spacial score (nSPS) is 11.5. The molecule has 0 unspecified atom stereocenters. The van der Waals surface area contributed by atoms with Gasteiger partial charge in [0.15, 0.2) is 12.7 Å². The largest absolute Gasteiger partial charge is 0.285 e. The number of hydrogen-bond acceptors (Lipinski definition) is 5. The van der Waals surface area contributed by atoms with Crippen LogP contribution < -0.4 is 4.68 Å². The van der Waals surface area contributed by atoms with Gasteiger partial charge in [-0.2, -0.15) is 8.42 Å². The Morgan fingerprint density at radius 1 is 1.37 bits per heavy atom. The Morgan fingerprint density at radius 3 is 2.74 bits per heavy atom. The van der Waals surface area contributed by atoms with Crippen molar-refractivity contribution in [2.75, 3.05) is 5.75 Å². The lowest BCUT2D eigenvalue weighted by Crippen LogP contribution is -2.40. The summed E-state index contributed by atoms with van der Waals surface area (Å²) in [6.45, 7) is 1.97. The summed E-state index contributed by atoms with van der Waals surface area (Å²) in [5, 5.41) is 4.07. The standard InChI is InChI=1S/C11H12N4O3S/c1-9-6-11(13-8-12-9)10-2-3-15(14-7-10)4-5-19(16,17)18/h2-3,6-8H,4-5H2,1H3/p+1. The van der Waals surface area contributed by atoms with E-state index in [-0.39, 0.29) is 12.3 Å². The van der Waals surface area contributed by atoms with Gasteiger partial charge in [-0.15, -0.1) is 0 Å². The van der Waals surface area contributed by atoms with Crippen molar-refractivity contribution in [2.45, 2.75) is 13.5 Å². The molecule has 0 bridgehead atoms. The Kier molecular flexibility index (Phi) is 3.82. The molecule has 0 radical (unpaired) electrons. The number of aryl methyl sites for hydroxylation is 2. The van der Waals surface area contributed by atoms with Crippen molar-refractivity contribution in [1.82, 2.24) is 15.1 Å². The molecule has 2 heterocycles. The van der Waals surface area contributed by atoms with E-state index >= 15 is 0 Å². The van der Waals surface area contributed by atoms with E-state index in [2.05, 4.69) is 15.1 Å². The lowest BCUT2D eigenvalue weighted by Gasteiger charge is -1.99. The molecule has 0 spiro atoms. The minimum absolute atomic E-state index is 0.0991. The summed E-state index contributed by atoms with van der Waals surface area (Å²) in [5.41, 5.74) is 2.42. The highest BCUT2D eigenvalue weighted by molar-refractivity contribution is 7.85. The lowest BCUT2D eigenvalue weighted by molar-refractivity contribution is -0.750. The molecule has 2 aromatic heterocycles. The van der Waals surface area contributed by atoms with Gasteiger partial charge in [0.2, 0.25) is 0 Å². The van der Waals surface area contributed by atoms with Crippen molar-refractivity contribution in [3.05, 3.63) is 36.5 Å². The fourth-order valence-corrected chi connectivity index (χ4v) is 1.91. The molecule has 0 amide bonds.